The summed E-state index contributed by atoms with van der Waals surface area (Å²) in [5, 5.41) is 2.75. The highest BCUT2D eigenvalue weighted by Crippen LogP contribution is 2.26. The number of benzene rings is 2. The first-order valence-electron chi connectivity index (χ1n) is 10.6. The molecule has 1 unspecified atom stereocenters. The number of carbonyl (C=O) groups excluding carboxylic acids is 3. The molecule has 0 aliphatic carbocycles. The zero-order valence-electron chi connectivity index (χ0n) is 18.8. The highest BCUT2D eigenvalue weighted by Gasteiger charge is 2.38. The number of imide groups is 1. The summed E-state index contributed by atoms with van der Waals surface area (Å²) in [6.07, 6.45) is 0.641. The van der Waals surface area contributed by atoms with Gasteiger partial charge in [-0.1, -0.05) is 19.1 Å². The molecule has 1 heterocycles. The van der Waals surface area contributed by atoms with Gasteiger partial charge in [0.15, 0.2) is 0 Å². The maximum absolute atomic E-state index is 12.7. The second-order valence-corrected chi connectivity index (χ2v) is 9.48. The van der Waals surface area contributed by atoms with Crippen molar-refractivity contribution < 1.29 is 27.5 Å². The quantitative estimate of drug-likeness (QED) is 0.402. The van der Waals surface area contributed by atoms with E-state index < -0.39 is 21.8 Å². The fraction of sp³-hybridized carbons (Fsp3) is 0.348. The Morgan fingerprint density at radius 3 is 2.36 bits per heavy atom. The number of sulfonamides is 1. The molecule has 1 atom stereocenters. The van der Waals surface area contributed by atoms with Gasteiger partial charge in [-0.15, -0.1) is 0 Å². The molecule has 2 aromatic carbocycles. The van der Waals surface area contributed by atoms with E-state index >= 15 is 0 Å². The second kappa shape index (κ2) is 10.2. The topological polar surface area (TPSA) is 122 Å². The monoisotopic (exact) mass is 473 g/mol. The zero-order chi connectivity index (χ0) is 24.2. The van der Waals surface area contributed by atoms with Gasteiger partial charge in [0.25, 0.3) is 17.7 Å². The van der Waals surface area contributed by atoms with Crippen LogP contribution < -0.4 is 10.0 Å². The van der Waals surface area contributed by atoms with Crippen molar-refractivity contribution in [1.29, 1.82) is 0 Å². The molecule has 0 aromatic heterocycles. The van der Waals surface area contributed by atoms with Crippen molar-refractivity contribution in [2.75, 3.05) is 20.3 Å². The molecule has 1 aliphatic heterocycles. The first-order chi connectivity index (χ1) is 15.7. The number of carbonyl (C=O) groups is 3. The molecule has 9 nitrogen and oxygen atoms in total. The first-order valence-corrected chi connectivity index (χ1v) is 12.1. The largest absolute Gasteiger partial charge is 0.383 e. The fourth-order valence-electron chi connectivity index (χ4n) is 3.42. The summed E-state index contributed by atoms with van der Waals surface area (Å²) < 4.78 is 31.7. The van der Waals surface area contributed by atoms with Gasteiger partial charge in [0.1, 0.15) is 0 Å². The van der Waals surface area contributed by atoms with Crippen LogP contribution in [0.2, 0.25) is 0 Å². The standard InChI is InChI=1S/C23H27N3O6S/c1-4-15(2)26-22(28)19-10-7-17(13-20(19)23(26)29)21(27)24-14-16-5-8-18(9-6-16)33(30,31)25-11-12-32-3/h5-10,13,15,25H,4,11-12,14H2,1-3H3,(H,24,27). The molecule has 3 amide bonds. The van der Waals surface area contributed by atoms with Crippen molar-refractivity contribution in [2.45, 2.75) is 37.8 Å². The summed E-state index contributed by atoms with van der Waals surface area (Å²) in [6.45, 7) is 4.30. The van der Waals surface area contributed by atoms with Crippen LogP contribution >= 0.6 is 0 Å². The lowest BCUT2D eigenvalue weighted by molar-refractivity contribution is 0.0593. The minimum atomic E-state index is -3.63. The molecule has 10 heteroatoms. The van der Waals surface area contributed by atoms with Crippen LogP contribution in [0.25, 0.3) is 0 Å². The maximum Gasteiger partial charge on any atom is 0.261 e. The van der Waals surface area contributed by atoms with Crippen molar-refractivity contribution in [1.82, 2.24) is 14.9 Å². The Balaban J connectivity index is 1.65. The molecule has 0 radical (unpaired) electrons. The van der Waals surface area contributed by atoms with E-state index in [-0.39, 0.29) is 47.7 Å². The number of hydrogen-bond donors (Lipinski definition) is 2. The van der Waals surface area contributed by atoms with E-state index in [1.165, 1.54) is 42.3 Å². The van der Waals surface area contributed by atoms with Crippen molar-refractivity contribution in [3.63, 3.8) is 0 Å². The van der Waals surface area contributed by atoms with Crippen molar-refractivity contribution >= 4 is 27.7 Å². The molecule has 0 saturated carbocycles. The summed E-state index contributed by atoms with van der Waals surface area (Å²) in [7, 11) is -2.15. The third kappa shape index (κ3) is 5.29. The summed E-state index contributed by atoms with van der Waals surface area (Å²) in [4.78, 5) is 39.1. The van der Waals surface area contributed by atoms with E-state index in [0.29, 0.717) is 17.5 Å². The third-order valence-corrected chi connectivity index (χ3v) is 6.97. The Morgan fingerprint density at radius 1 is 1.06 bits per heavy atom. The molecule has 2 aromatic rings. The van der Waals surface area contributed by atoms with Gasteiger partial charge in [-0.3, -0.25) is 19.3 Å². The van der Waals surface area contributed by atoms with Crippen LogP contribution in [-0.4, -0.2) is 57.3 Å². The number of hydrogen-bond acceptors (Lipinski definition) is 6. The Labute approximate surface area is 193 Å². The summed E-state index contributed by atoms with van der Waals surface area (Å²) >= 11 is 0. The number of nitrogens with zero attached hydrogens (tertiary/aromatic N) is 1. The van der Waals surface area contributed by atoms with Gasteiger partial charge in [0.05, 0.1) is 22.6 Å². The lowest BCUT2D eigenvalue weighted by Crippen LogP contribution is -2.37. The molecule has 2 N–H and O–H groups in total. The van der Waals surface area contributed by atoms with Crippen LogP contribution in [0, 0.1) is 0 Å². The maximum atomic E-state index is 12.7. The first kappa shape index (κ1) is 24.6. The molecule has 0 saturated heterocycles. The minimum absolute atomic E-state index is 0.112. The average molecular weight is 474 g/mol. The average Bonchev–Trinajstić information content (AvgIpc) is 3.06. The minimum Gasteiger partial charge on any atom is -0.383 e. The molecular weight excluding hydrogens is 446 g/mol. The molecule has 1 aliphatic rings. The van der Waals surface area contributed by atoms with E-state index in [2.05, 4.69) is 10.0 Å². The number of nitrogens with one attached hydrogen (secondary N) is 2. The summed E-state index contributed by atoms with van der Waals surface area (Å²) in [5.74, 6) is -1.14. The van der Waals surface area contributed by atoms with Gasteiger partial charge in [0.2, 0.25) is 10.0 Å². The van der Waals surface area contributed by atoms with Gasteiger partial charge in [0, 0.05) is 31.8 Å². The van der Waals surface area contributed by atoms with Crippen LogP contribution in [0.1, 0.15) is 56.9 Å². The predicted octanol–water partition coefficient (Wildman–Crippen LogP) is 1.94. The number of amides is 3. The Hall–Kier alpha value is -3.08. The van der Waals surface area contributed by atoms with Crippen LogP contribution in [0.5, 0.6) is 0 Å². The number of rotatable bonds is 10. The Kier molecular flexibility index (Phi) is 7.62. The van der Waals surface area contributed by atoms with Gasteiger partial charge < -0.3 is 10.1 Å². The summed E-state index contributed by atoms with van der Waals surface area (Å²) in [5.41, 5.74) is 1.49. The SMILES string of the molecule is CCC(C)N1C(=O)c2ccc(C(=O)NCc3ccc(S(=O)(=O)NCCOC)cc3)cc2C1=O. The zero-order valence-corrected chi connectivity index (χ0v) is 19.6. The van der Waals surface area contributed by atoms with Crippen LogP contribution in [0.4, 0.5) is 0 Å². The van der Waals surface area contributed by atoms with Crippen LogP contribution in [0.15, 0.2) is 47.4 Å². The van der Waals surface area contributed by atoms with E-state index in [1.807, 2.05) is 13.8 Å². The predicted molar refractivity (Wildman–Crippen MR) is 121 cm³/mol. The van der Waals surface area contributed by atoms with E-state index in [0.717, 1.165) is 0 Å². The van der Waals surface area contributed by atoms with E-state index in [4.69, 9.17) is 4.74 Å². The number of fused-ring (bicyclic) bond motifs is 1. The molecule has 0 fully saturated rings. The van der Waals surface area contributed by atoms with Gasteiger partial charge in [-0.25, -0.2) is 13.1 Å². The van der Waals surface area contributed by atoms with Gasteiger partial charge >= 0.3 is 0 Å². The summed E-state index contributed by atoms with van der Waals surface area (Å²) in [6, 6.07) is 10.4. The molecule has 176 valence electrons. The molecule has 0 bridgehead atoms. The van der Waals surface area contributed by atoms with Crippen molar-refractivity contribution in [3.8, 4) is 0 Å². The highest BCUT2D eigenvalue weighted by atomic mass is 32.2. The molecule has 3 rings (SSSR count). The highest BCUT2D eigenvalue weighted by molar-refractivity contribution is 7.89. The lowest BCUT2D eigenvalue weighted by Gasteiger charge is -2.20. The number of methoxy groups -OCH3 is 1. The smallest absolute Gasteiger partial charge is 0.261 e. The molecule has 33 heavy (non-hydrogen) atoms. The van der Waals surface area contributed by atoms with E-state index in [9.17, 15) is 22.8 Å². The van der Waals surface area contributed by atoms with Gasteiger partial charge in [-0.05, 0) is 49.2 Å². The molecular formula is C23H27N3O6S. The van der Waals surface area contributed by atoms with Crippen LogP contribution in [0.3, 0.4) is 0 Å². The van der Waals surface area contributed by atoms with Crippen molar-refractivity contribution in [3.05, 3.63) is 64.7 Å². The van der Waals surface area contributed by atoms with E-state index in [1.54, 1.807) is 12.1 Å². The second-order valence-electron chi connectivity index (χ2n) is 7.72. The van der Waals surface area contributed by atoms with Crippen LogP contribution in [-0.2, 0) is 21.3 Å². The normalized spacial score (nSPS) is 14.3. The van der Waals surface area contributed by atoms with Crippen molar-refractivity contribution in [2.24, 2.45) is 0 Å². The molecule has 0 spiro atoms. The Bertz CT molecular complexity index is 1160. The number of ether oxygens (including phenoxy) is 1. The fourth-order valence-corrected chi connectivity index (χ4v) is 4.43. The Morgan fingerprint density at radius 2 is 1.73 bits per heavy atom. The third-order valence-electron chi connectivity index (χ3n) is 5.50. The lowest BCUT2D eigenvalue weighted by atomic mass is 10.1. The van der Waals surface area contributed by atoms with Gasteiger partial charge in [-0.2, -0.15) is 0 Å².